The molecule has 1 aromatic carbocycles. The van der Waals surface area contributed by atoms with Crippen molar-refractivity contribution in [3.8, 4) is 5.69 Å². The first kappa shape index (κ1) is 15.7. The number of nitrogens with zero attached hydrogens (tertiary/aromatic N) is 3. The molecule has 2 rings (SSSR count). The van der Waals surface area contributed by atoms with Crippen molar-refractivity contribution in [2.24, 2.45) is 5.14 Å². The average molecular weight is 308 g/mol. The van der Waals surface area contributed by atoms with Gasteiger partial charge in [0.2, 0.25) is 0 Å². The Morgan fingerprint density at radius 1 is 1.10 bits per heavy atom. The number of primary sulfonamides is 1. The summed E-state index contributed by atoms with van der Waals surface area (Å²) in [7, 11) is -3.91. The van der Waals surface area contributed by atoms with Crippen molar-refractivity contribution in [2.45, 2.75) is 44.2 Å². The maximum absolute atomic E-state index is 11.7. The van der Waals surface area contributed by atoms with E-state index in [1.807, 2.05) is 30.3 Å². The lowest BCUT2D eigenvalue weighted by Crippen LogP contribution is -2.18. The van der Waals surface area contributed by atoms with E-state index in [9.17, 15) is 8.42 Å². The molecule has 0 spiro atoms. The van der Waals surface area contributed by atoms with Crippen LogP contribution in [0.5, 0.6) is 0 Å². The molecule has 7 heteroatoms. The maximum Gasteiger partial charge on any atom is 0.274 e. The molecular formula is C14H20N4O2S. The molecule has 0 aliphatic carbocycles. The predicted molar refractivity (Wildman–Crippen MR) is 80.6 cm³/mol. The lowest BCUT2D eigenvalue weighted by molar-refractivity contribution is 0.583. The van der Waals surface area contributed by atoms with Crippen molar-refractivity contribution in [1.82, 2.24) is 14.8 Å². The highest BCUT2D eigenvalue weighted by molar-refractivity contribution is 7.89. The third-order valence-corrected chi connectivity index (χ3v) is 4.00. The normalized spacial score (nSPS) is 11.7. The highest BCUT2D eigenvalue weighted by Gasteiger charge is 2.21. The van der Waals surface area contributed by atoms with Crippen LogP contribution in [-0.4, -0.2) is 23.2 Å². The van der Waals surface area contributed by atoms with Crippen molar-refractivity contribution in [3.63, 3.8) is 0 Å². The van der Waals surface area contributed by atoms with Gasteiger partial charge in [-0.3, -0.25) is 4.57 Å². The third-order valence-electron chi connectivity index (χ3n) is 3.22. The second-order valence-corrected chi connectivity index (χ2v) is 6.38. The van der Waals surface area contributed by atoms with E-state index in [4.69, 9.17) is 5.14 Å². The summed E-state index contributed by atoms with van der Waals surface area (Å²) in [5.74, 6) is 0.626. The van der Waals surface area contributed by atoms with Gasteiger partial charge in [0.25, 0.3) is 15.2 Å². The van der Waals surface area contributed by atoms with Gasteiger partial charge in [-0.05, 0) is 18.6 Å². The fraction of sp³-hybridized carbons (Fsp3) is 0.429. The van der Waals surface area contributed by atoms with Crippen molar-refractivity contribution in [3.05, 3.63) is 36.2 Å². The highest BCUT2D eigenvalue weighted by atomic mass is 32.2. The number of hydrogen-bond donors (Lipinski definition) is 1. The summed E-state index contributed by atoms with van der Waals surface area (Å²) in [6.07, 6.45) is 5.01. The van der Waals surface area contributed by atoms with Crippen LogP contribution in [-0.2, 0) is 16.4 Å². The van der Waals surface area contributed by atoms with Crippen molar-refractivity contribution in [1.29, 1.82) is 0 Å². The SMILES string of the molecule is CCCCCCc1nnc(S(N)(=O)=O)n1-c1ccccc1. The van der Waals surface area contributed by atoms with E-state index < -0.39 is 10.0 Å². The molecule has 0 aliphatic heterocycles. The van der Waals surface area contributed by atoms with Gasteiger partial charge in [-0.25, -0.2) is 13.6 Å². The van der Waals surface area contributed by atoms with Gasteiger partial charge in [0, 0.05) is 12.1 Å². The van der Waals surface area contributed by atoms with E-state index in [1.54, 1.807) is 0 Å². The Balaban J connectivity index is 2.36. The second kappa shape index (κ2) is 6.82. The Kier molecular flexibility index (Phi) is 5.08. The number of para-hydroxylation sites is 1. The average Bonchev–Trinajstić information content (AvgIpc) is 2.88. The van der Waals surface area contributed by atoms with E-state index in [0.717, 1.165) is 25.7 Å². The first-order valence-electron chi connectivity index (χ1n) is 7.06. The molecule has 2 aromatic rings. The van der Waals surface area contributed by atoms with Crippen molar-refractivity contribution >= 4 is 10.0 Å². The van der Waals surface area contributed by atoms with Gasteiger partial charge in [-0.1, -0.05) is 44.4 Å². The summed E-state index contributed by atoms with van der Waals surface area (Å²) >= 11 is 0. The van der Waals surface area contributed by atoms with Crippen LogP contribution >= 0.6 is 0 Å². The summed E-state index contributed by atoms with van der Waals surface area (Å²) in [4.78, 5) is 0. The number of hydrogen-bond acceptors (Lipinski definition) is 4. The molecule has 21 heavy (non-hydrogen) atoms. The quantitative estimate of drug-likeness (QED) is 0.792. The fourth-order valence-electron chi connectivity index (χ4n) is 2.19. The largest absolute Gasteiger partial charge is 0.274 e. The standard InChI is InChI=1S/C14H20N4O2S/c1-2-3-4-8-11-13-16-17-14(21(15,19)20)18(13)12-9-6-5-7-10-12/h5-7,9-10H,2-4,8,11H2,1H3,(H2,15,19,20). The summed E-state index contributed by atoms with van der Waals surface area (Å²) in [5.41, 5.74) is 0.706. The maximum atomic E-state index is 11.7. The van der Waals surface area contributed by atoms with Crippen LogP contribution in [0.2, 0.25) is 0 Å². The summed E-state index contributed by atoms with van der Waals surface area (Å²) in [5, 5.41) is 12.8. The minimum Gasteiger partial charge on any atom is -0.269 e. The topological polar surface area (TPSA) is 90.9 Å². The van der Waals surface area contributed by atoms with Gasteiger partial charge < -0.3 is 0 Å². The van der Waals surface area contributed by atoms with Crippen LogP contribution in [0.1, 0.15) is 38.4 Å². The first-order chi connectivity index (χ1) is 10.0. The van der Waals surface area contributed by atoms with Crippen molar-refractivity contribution < 1.29 is 8.42 Å². The molecule has 114 valence electrons. The van der Waals surface area contributed by atoms with E-state index >= 15 is 0 Å². The Labute approximate surface area is 125 Å². The van der Waals surface area contributed by atoms with Gasteiger partial charge in [-0.15, -0.1) is 10.2 Å². The molecule has 0 atom stereocenters. The number of rotatable bonds is 7. The van der Waals surface area contributed by atoms with Crippen LogP contribution in [0.15, 0.2) is 35.5 Å². The number of unbranched alkanes of at least 4 members (excludes halogenated alkanes) is 3. The first-order valence-corrected chi connectivity index (χ1v) is 8.61. The monoisotopic (exact) mass is 308 g/mol. The number of benzene rings is 1. The zero-order chi connectivity index (χ0) is 15.3. The predicted octanol–water partition coefficient (Wildman–Crippen LogP) is 2.04. The zero-order valence-corrected chi connectivity index (χ0v) is 12.9. The molecule has 1 heterocycles. The Hall–Kier alpha value is -1.73. The van der Waals surface area contributed by atoms with E-state index in [1.165, 1.54) is 4.57 Å². The van der Waals surface area contributed by atoms with E-state index in [-0.39, 0.29) is 5.16 Å². The number of aromatic nitrogens is 3. The number of sulfonamides is 1. The minimum absolute atomic E-state index is 0.209. The molecular weight excluding hydrogens is 288 g/mol. The second-order valence-electron chi connectivity index (χ2n) is 4.93. The van der Waals surface area contributed by atoms with Gasteiger partial charge >= 0.3 is 0 Å². The van der Waals surface area contributed by atoms with Gasteiger partial charge in [0.05, 0.1) is 0 Å². The molecule has 2 N–H and O–H groups in total. The Morgan fingerprint density at radius 2 is 1.81 bits per heavy atom. The zero-order valence-electron chi connectivity index (χ0n) is 12.1. The Bertz CT molecular complexity index is 680. The van der Waals surface area contributed by atoms with Crippen LogP contribution in [0.25, 0.3) is 5.69 Å². The molecule has 0 radical (unpaired) electrons. The lowest BCUT2D eigenvalue weighted by atomic mass is 10.1. The molecule has 0 aliphatic rings. The molecule has 0 unspecified atom stereocenters. The van der Waals surface area contributed by atoms with Crippen LogP contribution in [0.4, 0.5) is 0 Å². The van der Waals surface area contributed by atoms with Crippen LogP contribution < -0.4 is 5.14 Å². The summed E-state index contributed by atoms with van der Waals surface area (Å²) in [6, 6.07) is 9.17. The molecule has 0 saturated carbocycles. The number of aryl methyl sites for hydroxylation is 1. The molecule has 1 aromatic heterocycles. The summed E-state index contributed by atoms with van der Waals surface area (Å²) < 4.78 is 24.9. The molecule has 0 bridgehead atoms. The molecule has 6 nitrogen and oxygen atoms in total. The van der Waals surface area contributed by atoms with Gasteiger partial charge in [0.1, 0.15) is 5.82 Å². The summed E-state index contributed by atoms with van der Waals surface area (Å²) in [6.45, 7) is 2.14. The fourth-order valence-corrected chi connectivity index (χ4v) is 2.81. The lowest BCUT2D eigenvalue weighted by Gasteiger charge is -2.09. The Morgan fingerprint density at radius 3 is 2.43 bits per heavy atom. The van der Waals surface area contributed by atoms with Gasteiger partial charge in [0.15, 0.2) is 0 Å². The van der Waals surface area contributed by atoms with Crippen molar-refractivity contribution in [2.75, 3.05) is 0 Å². The van der Waals surface area contributed by atoms with Crippen LogP contribution in [0.3, 0.4) is 0 Å². The molecule has 0 fully saturated rings. The third kappa shape index (κ3) is 3.89. The molecule has 0 amide bonds. The smallest absolute Gasteiger partial charge is 0.269 e. The van der Waals surface area contributed by atoms with E-state index in [0.29, 0.717) is 17.9 Å². The highest BCUT2D eigenvalue weighted by Crippen LogP contribution is 2.17. The van der Waals surface area contributed by atoms with Crippen LogP contribution in [0, 0.1) is 0 Å². The number of nitrogens with two attached hydrogens (primary N) is 1. The van der Waals surface area contributed by atoms with Gasteiger partial charge in [-0.2, -0.15) is 0 Å². The molecule has 0 saturated heterocycles. The van der Waals surface area contributed by atoms with E-state index in [2.05, 4.69) is 17.1 Å². The minimum atomic E-state index is -3.91.